The highest BCUT2D eigenvalue weighted by Gasteiger charge is 2.31. The van der Waals surface area contributed by atoms with E-state index in [0.717, 1.165) is 12.0 Å². The van der Waals surface area contributed by atoms with Crippen molar-refractivity contribution < 1.29 is 9.59 Å². The van der Waals surface area contributed by atoms with E-state index >= 15 is 0 Å². The van der Waals surface area contributed by atoms with Gasteiger partial charge in [0.15, 0.2) is 5.17 Å². The molecule has 21 heavy (non-hydrogen) atoms. The van der Waals surface area contributed by atoms with Gasteiger partial charge in [-0.3, -0.25) is 14.6 Å². The van der Waals surface area contributed by atoms with Crippen LogP contribution in [0.4, 0.5) is 0 Å². The van der Waals surface area contributed by atoms with Gasteiger partial charge in [-0.25, -0.2) is 0 Å². The number of carbonyl (C=O) groups is 2. The molecule has 1 aromatic carbocycles. The number of nitrogens with zero attached hydrogens (tertiary/aromatic N) is 1. The van der Waals surface area contributed by atoms with E-state index in [4.69, 9.17) is 0 Å². The van der Waals surface area contributed by atoms with Gasteiger partial charge < -0.3 is 10.6 Å². The van der Waals surface area contributed by atoms with Crippen LogP contribution in [0, 0.1) is 0 Å². The second kappa shape index (κ2) is 7.83. The molecule has 1 atom stereocenters. The Balaban J connectivity index is 1.79. The lowest BCUT2D eigenvalue weighted by atomic mass is 10.2. The summed E-state index contributed by atoms with van der Waals surface area (Å²) in [4.78, 5) is 27.9. The molecular weight excluding hydrogens is 286 g/mol. The van der Waals surface area contributed by atoms with Crippen LogP contribution in [0.5, 0.6) is 0 Å². The Labute approximate surface area is 128 Å². The maximum Gasteiger partial charge on any atom is 0.240 e. The van der Waals surface area contributed by atoms with Crippen LogP contribution in [0.15, 0.2) is 35.3 Å². The van der Waals surface area contributed by atoms with Crippen molar-refractivity contribution in [2.75, 3.05) is 6.54 Å². The summed E-state index contributed by atoms with van der Waals surface area (Å²) in [5.74, 6) is -0.257. The van der Waals surface area contributed by atoms with Gasteiger partial charge in [-0.15, -0.1) is 0 Å². The number of amides is 2. The minimum Gasteiger partial charge on any atom is -0.352 e. The van der Waals surface area contributed by atoms with Crippen LogP contribution in [0.2, 0.25) is 0 Å². The molecule has 0 saturated carbocycles. The predicted molar refractivity (Wildman–Crippen MR) is 85.0 cm³/mol. The molecule has 2 N–H and O–H groups in total. The fourth-order valence-electron chi connectivity index (χ4n) is 1.87. The van der Waals surface area contributed by atoms with E-state index in [9.17, 15) is 9.59 Å². The number of amidine groups is 1. The van der Waals surface area contributed by atoms with Crippen molar-refractivity contribution in [2.45, 2.75) is 31.6 Å². The van der Waals surface area contributed by atoms with E-state index in [1.165, 1.54) is 11.8 Å². The molecular formula is C15H19N3O2S. The highest BCUT2D eigenvalue weighted by Crippen LogP contribution is 2.22. The molecule has 1 aliphatic rings. The first kappa shape index (κ1) is 15.6. The van der Waals surface area contributed by atoms with E-state index < -0.39 is 0 Å². The molecule has 1 aromatic rings. The van der Waals surface area contributed by atoms with Crippen molar-refractivity contribution in [1.82, 2.24) is 10.6 Å². The Morgan fingerprint density at radius 2 is 2.14 bits per heavy atom. The quantitative estimate of drug-likeness (QED) is 0.840. The molecule has 1 heterocycles. The lowest BCUT2D eigenvalue weighted by Gasteiger charge is -2.07. The van der Waals surface area contributed by atoms with Gasteiger partial charge in [0, 0.05) is 19.5 Å². The normalized spacial score (nSPS) is 19.6. The summed E-state index contributed by atoms with van der Waals surface area (Å²) in [6.45, 7) is 3.20. The number of hydrogen-bond donors (Lipinski definition) is 2. The number of benzene rings is 1. The lowest BCUT2D eigenvalue weighted by Crippen LogP contribution is -2.31. The van der Waals surface area contributed by atoms with Crippen molar-refractivity contribution >= 4 is 28.7 Å². The van der Waals surface area contributed by atoms with Gasteiger partial charge in [-0.05, 0) is 12.0 Å². The summed E-state index contributed by atoms with van der Waals surface area (Å²) in [6, 6.07) is 9.69. The summed E-state index contributed by atoms with van der Waals surface area (Å²) in [7, 11) is 0. The highest BCUT2D eigenvalue weighted by molar-refractivity contribution is 8.15. The zero-order valence-electron chi connectivity index (χ0n) is 12.0. The van der Waals surface area contributed by atoms with Gasteiger partial charge in [0.05, 0.1) is 0 Å². The molecule has 1 fully saturated rings. The molecule has 0 spiro atoms. The summed E-state index contributed by atoms with van der Waals surface area (Å²) in [5, 5.41) is 5.79. The zero-order valence-corrected chi connectivity index (χ0v) is 12.8. The van der Waals surface area contributed by atoms with E-state index in [-0.39, 0.29) is 23.5 Å². The second-order valence-corrected chi connectivity index (χ2v) is 5.94. The Bertz CT molecular complexity index is 531. The first-order valence-corrected chi connectivity index (χ1v) is 7.89. The van der Waals surface area contributed by atoms with Crippen molar-refractivity contribution in [3.05, 3.63) is 35.9 Å². The van der Waals surface area contributed by atoms with Gasteiger partial charge in [-0.2, -0.15) is 0 Å². The van der Waals surface area contributed by atoms with Crippen molar-refractivity contribution in [1.29, 1.82) is 0 Å². The number of nitrogens with one attached hydrogen (secondary N) is 2. The van der Waals surface area contributed by atoms with Gasteiger partial charge in [0.1, 0.15) is 5.25 Å². The van der Waals surface area contributed by atoms with Gasteiger partial charge >= 0.3 is 0 Å². The molecule has 6 heteroatoms. The minimum atomic E-state index is -0.378. The third-order valence-corrected chi connectivity index (χ3v) is 4.08. The molecule has 1 unspecified atom stereocenters. The van der Waals surface area contributed by atoms with Gasteiger partial charge in [0.25, 0.3) is 0 Å². The van der Waals surface area contributed by atoms with Crippen LogP contribution >= 0.6 is 11.8 Å². The number of thioether (sulfide) groups is 1. The number of aliphatic imine (C=N–C) groups is 1. The van der Waals surface area contributed by atoms with E-state index in [1.807, 2.05) is 37.3 Å². The molecule has 1 aliphatic heterocycles. The second-order valence-electron chi connectivity index (χ2n) is 4.75. The van der Waals surface area contributed by atoms with E-state index in [0.29, 0.717) is 18.3 Å². The molecule has 2 rings (SSSR count). The number of hydrogen-bond acceptors (Lipinski definition) is 4. The SMILES string of the molecule is CCCN=C1NC(=O)C(CC(=O)NCc2ccccc2)S1. The van der Waals surface area contributed by atoms with Crippen LogP contribution in [0.25, 0.3) is 0 Å². The van der Waals surface area contributed by atoms with Crippen LogP contribution in [-0.2, 0) is 16.1 Å². The van der Waals surface area contributed by atoms with Crippen LogP contribution in [-0.4, -0.2) is 28.8 Å². The maximum atomic E-state index is 11.9. The Morgan fingerprint density at radius 1 is 1.38 bits per heavy atom. The van der Waals surface area contributed by atoms with E-state index in [1.54, 1.807) is 0 Å². The summed E-state index contributed by atoms with van der Waals surface area (Å²) >= 11 is 1.34. The summed E-state index contributed by atoms with van der Waals surface area (Å²) < 4.78 is 0. The highest BCUT2D eigenvalue weighted by atomic mass is 32.2. The van der Waals surface area contributed by atoms with Crippen molar-refractivity contribution in [3.63, 3.8) is 0 Å². The Kier molecular flexibility index (Phi) is 5.80. The molecule has 0 aliphatic carbocycles. The van der Waals surface area contributed by atoms with Crippen molar-refractivity contribution in [3.8, 4) is 0 Å². The molecule has 0 bridgehead atoms. The largest absolute Gasteiger partial charge is 0.352 e. The average Bonchev–Trinajstić information content (AvgIpc) is 2.84. The third-order valence-electron chi connectivity index (χ3n) is 2.96. The lowest BCUT2D eigenvalue weighted by molar-refractivity contribution is -0.125. The molecule has 0 radical (unpaired) electrons. The van der Waals surface area contributed by atoms with Crippen LogP contribution in [0.1, 0.15) is 25.3 Å². The Morgan fingerprint density at radius 3 is 2.86 bits per heavy atom. The monoisotopic (exact) mass is 305 g/mol. The summed E-state index contributed by atoms with van der Waals surface area (Å²) in [6.07, 6.45) is 1.11. The smallest absolute Gasteiger partial charge is 0.240 e. The zero-order chi connectivity index (χ0) is 15.1. The van der Waals surface area contributed by atoms with Crippen LogP contribution < -0.4 is 10.6 Å². The van der Waals surface area contributed by atoms with E-state index in [2.05, 4.69) is 15.6 Å². The number of rotatable bonds is 6. The molecule has 0 aromatic heterocycles. The first-order chi connectivity index (χ1) is 10.2. The van der Waals surface area contributed by atoms with Crippen LogP contribution in [0.3, 0.4) is 0 Å². The maximum absolute atomic E-state index is 11.9. The molecule has 5 nitrogen and oxygen atoms in total. The fraction of sp³-hybridized carbons (Fsp3) is 0.400. The molecule has 1 saturated heterocycles. The van der Waals surface area contributed by atoms with Crippen molar-refractivity contribution in [2.24, 2.45) is 4.99 Å². The standard InChI is InChI=1S/C15H19N3O2S/c1-2-8-16-15-18-14(20)12(21-15)9-13(19)17-10-11-6-4-3-5-7-11/h3-7,12H,2,8-10H2,1H3,(H,17,19)(H,16,18,20). The minimum absolute atomic E-state index is 0.122. The average molecular weight is 305 g/mol. The fourth-order valence-corrected chi connectivity index (χ4v) is 2.86. The molecule has 2 amide bonds. The molecule has 112 valence electrons. The third kappa shape index (κ3) is 4.90. The van der Waals surface area contributed by atoms with Gasteiger partial charge in [-0.1, -0.05) is 49.0 Å². The predicted octanol–water partition coefficient (Wildman–Crippen LogP) is 1.69. The topological polar surface area (TPSA) is 70.6 Å². The first-order valence-electron chi connectivity index (χ1n) is 7.01. The number of carbonyl (C=O) groups excluding carboxylic acids is 2. The van der Waals surface area contributed by atoms with Gasteiger partial charge in [0.2, 0.25) is 11.8 Å². The summed E-state index contributed by atoms with van der Waals surface area (Å²) in [5.41, 5.74) is 1.04. The Hall–Kier alpha value is -1.82.